The van der Waals surface area contributed by atoms with Crippen LogP contribution < -0.4 is 0 Å². The standard InChI is InChI=1S/C14H25NO4/c1-10(12(16)17)15(11-8-6-5-7-9-11)13(18)19-14(2,3)4/h10-11H,5-9H2,1-4H3,(H,16,17)/t10-/m0/s1. The second-order valence-corrected chi connectivity index (χ2v) is 6.19. The molecule has 0 spiro atoms. The van der Waals surface area contributed by atoms with Crippen molar-refractivity contribution in [1.82, 2.24) is 4.90 Å². The summed E-state index contributed by atoms with van der Waals surface area (Å²) in [5, 5.41) is 9.18. The van der Waals surface area contributed by atoms with Gasteiger partial charge >= 0.3 is 12.1 Å². The molecule has 1 aliphatic carbocycles. The van der Waals surface area contributed by atoms with Gasteiger partial charge in [-0.1, -0.05) is 19.3 Å². The Hall–Kier alpha value is -1.26. The van der Waals surface area contributed by atoms with Crippen LogP contribution in [0.15, 0.2) is 0 Å². The number of carbonyl (C=O) groups is 2. The molecule has 5 nitrogen and oxygen atoms in total. The lowest BCUT2D eigenvalue weighted by atomic mass is 9.93. The van der Waals surface area contributed by atoms with Gasteiger partial charge in [0.05, 0.1) is 0 Å². The van der Waals surface area contributed by atoms with E-state index in [1.807, 2.05) is 0 Å². The Morgan fingerprint density at radius 3 is 2.16 bits per heavy atom. The molecule has 1 amide bonds. The first-order valence-electron chi connectivity index (χ1n) is 6.96. The van der Waals surface area contributed by atoms with Gasteiger partial charge in [-0.05, 0) is 40.5 Å². The monoisotopic (exact) mass is 271 g/mol. The number of hydrogen-bond acceptors (Lipinski definition) is 3. The van der Waals surface area contributed by atoms with Crippen LogP contribution in [-0.2, 0) is 9.53 Å². The molecule has 0 aromatic heterocycles. The summed E-state index contributed by atoms with van der Waals surface area (Å²) >= 11 is 0. The molecular formula is C14H25NO4. The van der Waals surface area contributed by atoms with Crippen molar-refractivity contribution in [2.24, 2.45) is 0 Å². The van der Waals surface area contributed by atoms with Crippen molar-refractivity contribution in [1.29, 1.82) is 0 Å². The van der Waals surface area contributed by atoms with Crippen molar-refractivity contribution in [2.75, 3.05) is 0 Å². The lowest BCUT2D eigenvalue weighted by Crippen LogP contribution is -2.51. The maximum atomic E-state index is 12.2. The van der Waals surface area contributed by atoms with Gasteiger partial charge in [-0.25, -0.2) is 9.59 Å². The Bertz CT molecular complexity index is 329. The van der Waals surface area contributed by atoms with Gasteiger partial charge in [-0.2, -0.15) is 0 Å². The zero-order valence-electron chi connectivity index (χ0n) is 12.3. The quantitative estimate of drug-likeness (QED) is 0.856. The van der Waals surface area contributed by atoms with E-state index in [9.17, 15) is 14.7 Å². The summed E-state index contributed by atoms with van der Waals surface area (Å²) in [6.45, 7) is 6.90. The van der Waals surface area contributed by atoms with Crippen LogP contribution >= 0.6 is 0 Å². The zero-order chi connectivity index (χ0) is 14.6. The van der Waals surface area contributed by atoms with Crippen molar-refractivity contribution in [3.63, 3.8) is 0 Å². The van der Waals surface area contributed by atoms with Crippen LogP contribution in [0, 0.1) is 0 Å². The van der Waals surface area contributed by atoms with Crippen molar-refractivity contribution < 1.29 is 19.4 Å². The largest absolute Gasteiger partial charge is 0.480 e. The van der Waals surface area contributed by atoms with Crippen LogP contribution in [0.3, 0.4) is 0 Å². The third-order valence-corrected chi connectivity index (χ3v) is 3.35. The second-order valence-electron chi connectivity index (χ2n) is 6.19. The normalized spacial score (nSPS) is 18.7. The molecule has 0 radical (unpaired) electrons. The van der Waals surface area contributed by atoms with Crippen molar-refractivity contribution in [3.8, 4) is 0 Å². The predicted octanol–water partition coefficient (Wildman–Crippen LogP) is 3.03. The van der Waals surface area contributed by atoms with E-state index in [1.54, 1.807) is 27.7 Å². The summed E-state index contributed by atoms with van der Waals surface area (Å²) in [7, 11) is 0. The number of carboxylic acid groups (broad SMARTS) is 1. The fourth-order valence-electron chi connectivity index (χ4n) is 2.42. The van der Waals surface area contributed by atoms with Crippen LogP contribution in [-0.4, -0.2) is 39.8 Å². The molecule has 0 heterocycles. The minimum Gasteiger partial charge on any atom is -0.480 e. The number of amides is 1. The minimum absolute atomic E-state index is 0.0188. The van der Waals surface area contributed by atoms with Crippen molar-refractivity contribution >= 4 is 12.1 Å². The molecule has 110 valence electrons. The second kappa shape index (κ2) is 6.26. The maximum absolute atomic E-state index is 12.2. The van der Waals surface area contributed by atoms with E-state index in [4.69, 9.17) is 4.74 Å². The lowest BCUT2D eigenvalue weighted by molar-refractivity contribution is -0.143. The number of carboxylic acids is 1. The van der Waals surface area contributed by atoms with Crippen LogP contribution in [0.1, 0.15) is 59.8 Å². The summed E-state index contributed by atoms with van der Waals surface area (Å²) in [5.74, 6) is -0.989. The number of aliphatic carboxylic acids is 1. The van der Waals surface area contributed by atoms with Gasteiger partial charge in [0.15, 0.2) is 0 Å². The third-order valence-electron chi connectivity index (χ3n) is 3.35. The fourth-order valence-corrected chi connectivity index (χ4v) is 2.42. The fraction of sp³-hybridized carbons (Fsp3) is 0.857. The zero-order valence-corrected chi connectivity index (χ0v) is 12.3. The van der Waals surface area contributed by atoms with Crippen LogP contribution in [0.4, 0.5) is 4.79 Å². The molecule has 1 atom stereocenters. The molecule has 5 heteroatoms. The Morgan fingerprint density at radius 1 is 1.21 bits per heavy atom. The van der Waals surface area contributed by atoms with Gasteiger partial charge in [0, 0.05) is 6.04 Å². The highest BCUT2D eigenvalue weighted by Gasteiger charge is 2.35. The van der Waals surface area contributed by atoms with Gasteiger partial charge in [-0.15, -0.1) is 0 Å². The summed E-state index contributed by atoms with van der Waals surface area (Å²) in [4.78, 5) is 24.9. The Morgan fingerprint density at radius 2 is 1.74 bits per heavy atom. The van der Waals surface area contributed by atoms with Gasteiger partial charge < -0.3 is 9.84 Å². The van der Waals surface area contributed by atoms with E-state index in [0.29, 0.717) is 0 Å². The molecule has 0 aliphatic heterocycles. The molecule has 1 saturated carbocycles. The summed E-state index contributed by atoms with van der Waals surface area (Å²) in [6, 6.07) is -0.868. The minimum atomic E-state index is -0.989. The number of carbonyl (C=O) groups excluding carboxylic acids is 1. The molecule has 0 aromatic carbocycles. The maximum Gasteiger partial charge on any atom is 0.411 e. The molecule has 0 bridgehead atoms. The lowest BCUT2D eigenvalue weighted by Gasteiger charge is -2.37. The number of rotatable bonds is 3. The Balaban J connectivity index is 2.84. The highest BCUT2D eigenvalue weighted by Crippen LogP contribution is 2.26. The first-order chi connectivity index (χ1) is 8.72. The summed E-state index contributed by atoms with van der Waals surface area (Å²) in [6.07, 6.45) is 4.43. The predicted molar refractivity (Wildman–Crippen MR) is 72.0 cm³/mol. The van der Waals surface area contributed by atoms with Crippen molar-refractivity contribution in [2.45, 2.75) is 77.5 Å². The average Bonchev–Trinajstić information content (AvgIpc) is 2.28. The molecule has 0 aromatic rings. The summed E-state index contributed by atoms with van der Waals surface area (Å²) in [5.41, 5.74) is -0.609. The van der Waals surface area contributed by atoms with Crippen LogP contribution in [0.5, 0.6) is 0 Å². The van der Waals surface area contributed by atoms with E-state index in [2.05, 4.69) is 0 Å². The average molecular weight is 271 g/mol. The van der Waals surface area contributed by atoms with E-state index in [1.165, 1.54) is 4.90 Å². The third kappa shape index (κ3) is 4.73. The molecule has 0 unspecified atom stereocenters. The van der Waals surface area contributed by atoms with E-state index in [0.717, 1.165) is 32.1 Å². The van der Waals surface area contributed by atoms with E-state index < -0.39 is 23.7 Å². The van der Waals surface area contributed by atoms with Crippen molar-refractivity contribution in [3.05, 3.63) is 0 Å². The molecule has 1 fully saturated rings. The number of hydrogen-bond donors (Lipinski definition) is 1. The smallest absolute Gasteiger partial charge is 0.411 e. The van der Waals surface area contributed by atoms with Gasteiger partial charge in [0.1, 0.15) is 11.6 Å². The number of ether oxygens (including phenoxy) is 1. The highest BCUT2D eigenvalue weighted by atomic mass is 16.6. The molecule has 0 saturated heterocycles. The molecule has 19 heavy (non-hydrogen) atoms. The van der Waals surface area contributed by atoms with Gasteiger partial charge in [0.25, 0.3) is 0 Å². The molecule has 1 aliphatic rings. The topological polar surface area (TPSA) is 66.8 Å². The first-order valence-corrected chi connectivity index (χ1v) is 6.96. The Kier molecular flexibility index (Phi) is 5.20. The van der Waals surface area contributed by atoms with Crippen LogP contribution in [0.25, 0.3) is 0 Å². The van der Waals surface area contributed by atoms with Crippen LogP contribution in [0.2, 0.25) is 0 Å². The molecular weight excluding hydrogens is 246 g/mol. The molecule has 1 rings (SSSR count). The van der Waals surface area contributed by atoms with E-state index >= 15 is 0 Å². The molecule has 1 N–H and O–H groups in total. The number of nitrogens with zero attached hydrogens (tertiary/aromatic N) is 1. The highest BCUT2D eigenvalue weighted by molar-refractivity contribution is 5.80. The summed E-state index contributed by atoms with van der Waals surface area (Å²) < 4.78 is 5.35. The van der Waals surface area contributed by atoms with E-state index in [-0.39, 0.29) is 6.04 Å². The van der Waals surface area contributed by atoms with Gasteiger partial charge in [-0.3, -0.25) is 4.90 Å². The van der Waals surface area contributed by atoms with Gasteiger partial charge in [0.2, 0.25) is 0 Å². The Labute approximate surface area is 114 Å². The first kappa shape index (κ1) is 15.8. The SMILES string of the molecule is C[C@@H](C(=O)O)N(C(=O)OC(C)(C)C)C1CCCCC1.